The highest BCUT2D eigenvalue weighted by molar-refractivity contribution is 7.99. The molecule has 0 radical (unpaired) electrons. The van der Waals surface area contributed by atoms with Crippen LogP contribution in [0.3, 0.4) is 0 Å². The van der Waals surface area contributed by atoms with Crippen molar-refractivity contribution in [1.29, 1.82) is 0 Å². The van der Waals surface area contributed by atoms with Crippen molar-refractivity contribution in [2.24, 2.45) is 0 Å². The zero-order chi connectivity index (χ0) is 13.0. The van der Waals surface area contributed by atoms with Crippen molar-refractivity contribution < 1.29 is 14.7 Å². The predicted molar refractivity (Wildman–Crippen MR) is 68.4 cm³/mol. The van der Waals surface area contributed by atoms with Crippen molar-refractivity contribution in [3.63, 3.8) is 0 Å². The lowest BCUT2D eigenvalue weighted by atomic mass is 10.3. The van der Waals surface area contributed by atoms with Gasteiger partial charge in [-0.05, 0) is 13.8 Å². The summed E-state index contributed by atoms with van der Waals surface area (Å²) in [5, 5.41) is 9.24. The van der Waals surface area contributed by atoms with Gasteiger partial charge in [0.25, 0.3) is 0 Å². The Hall–Kier alpha value is -0.910. The van der Waals surface area contributed by atoms with E-state index in [1.807, 2.05) is 25.6 Å². The topological polar surface area (TPSA) is 60.9 Å². The maximum atomic E-state index is 12.2. The molecule has 0 aromatic rings. The molecule has 0 aromatic heterocycles. The van der Waals surface area contributed by atoms with Crippen LogP contribution in [0.4, 0.5) is 4.79 Å². The van der Waals surface area contributed by atoms with Gasteiger partial charge < -0.3 is 14.9 Å². The molecule has 0 aliphatic carbocycles. The molecule has 1 rings (SSSR count). The molecule has 1 atom stereocenters. The summed E-state index contributed by atoms with van der Waals surface area (Å²) in [6, 6.07) is -0.252. The van der Waals surface area contributed by atoms with Crippen LogP contribution in [0, 0.1) is 0 Å². The fourth-order valence-electron chi connectivity index (χ4n) is 1.79. The second-order valence-corrected chi connectivity index (χ2v) is 6.07. The number of hydrogen-bond acceptors (Lipinski definition) is 3. The number of carbonyl (C=O) groups excluding carboxylic acids is 1. The van der Waals surface area contributed by atoms with Gasteiger partial charge in [0.15, 0.2) is 0 Å². The molecular formula is C11H20N2O3S. The van der Waals surface area contributed by atoms with Crippen LogP contribution in [-0.2, 0) is 4.79 Å². The normalized spacial score (nSPS) is 20.5. The van der Waals surface area contributed by atoms with E-state index in [-0.39, 0.29) is 18.6 Å². The average molecular weight is 260 g/mol. The van der Waals surface area contributed by atoms with Crippen LogP contribution < -0.4 is 0 Å². The highest BCUT2D eigenvalue weighted by Crippen LogP contribution is 2.19. The van der Waals surface area contributed by atoms with Crippen LogP contribution >= 0.6 is 11.8 Å². The average Bonchev–Trinajstić information content (AvgIpc) is 2.24. The van der Waals surface area contributed by atoms with Crippen LogP contribution in [0.1, 0.15) is 20.8 Å². The lowest BCUT2D eigenvalue weighted by Gasteiger charge is -2.36. The Morgan fingerprint density at radius 3 is 2.65 bits per heavy atom. The minimum absolute atomic E-state index is 0.0940. The second-order valence-electron chi connectivity index (χ2n) is 4.53. The zero-order valence-corrected chi connectivity index (χ0v) is 11.4. The first-order chi connectivity index (χ1) is 7.91. The van der Waals surface area contributed by atoms with Gasteiger partial charge in [-0.25, -0.2) is 4.79 Å². The Morgan fingerprint density at radius 2 is 2.18 bits per heavy atom. The summed E-state index contributed by atoms with van der Waals surface area (Å²) in [4.78, 5) is 26.1. The Morgan fingerprint density at radius 1 is 1.53 bits per heavy atom. The van der Waals surface area contributed by atoms with Gasteiger partial charge in [0.05, 0.1) is 0 Å². The van der Waals surface area contributed by atoms with E-state index in [9.17, 15) is 9.59 Å². The summed E-state index contributed by atoms with van der Waals surface area (Å²) < 4.78 is 0. The highest BCUT2D eigenvalue weighted by Gasteiger charge is 2.28. The van der Waals surface area contributed by atoms with E-state index in [4.69, 9.17) is 5.11 Å². The number of carboxylic acids is 1. The third-order valence-corrected chi connectivity index (χ3v) is 3.82. The molecule has 17 heavy (non-hydrogen) atoms. The molecule has 2 amide bonds. The van der Waals surface area contributed by atoms with Gasteiger partial charge >= 0.3 is 12.0 Å². The maximum Gasteiger partial charge on any atom is 0.323 e. The lowest BCUT2D eigenvalue weighted by molar-refractivity contribution is -0.138. The lowest BCUT2D eigenvalue weighted by Crippen LogP contribution is -2.51. The van der Waals surface area contributed by atoms with Gasteiger partial charge in [-0.15, -0.1) is 0 Å². The van der Waals surface area contributed by atoms with E-state index >= 15 is 0 Å². The number of hydrogen-bond donors (Lipinski definition) is 1. The van der Waals surface area contributed by atoms with Crippen molar-refractivity contribution in [3.8, 4) is 0 Å². The molecule has 1 aliphatic heterocycles. The van der Waals surface area contributed by atoms with Gasteiger partial charge in [-0.1, -0.05) is 6.92 Å². The van der Waals surface area contributed by atoms with Gasteiger partial charge in [-0.2, -0.15) is 11.8 Å². The predicted octanol–water partition coefficient (Wildman–Crippen LogP) is 1.34. The van der Waals surface area contributed by atoms with Crippen LogP contribution in [0.2, 0.25) is 0 Å². The molecule has 1 saturated heterocycles. The molecule has 1 fully saturated rings. The largest absolute Gasteiger partial charge is 0.480 e. The Balaban J connectivity index is 2.66. The molecule has 0 saturated carbocycles. The molecule has 0 bridgehead atoms. The van der Waals surface area contributed by atoms with Gasteiger partial charge in [0.2, 0.25) is 0 Å². The van der Waals surface area contributed by atoms with Crippen molar-refractivity contribution >= 4 is 23.8 Å². The van der Waals surface area contributed by atoms with Gasteiger partial charge in [0.1, 0.15) is 6.54 Å². The number of nitrogens with zero attached hydrogens (tertiary/aromatic N) is 2. The van der Waals surface area contributed by atoms with E-state index in [1.54, 1.807) is 4.90 Å². The highest BCUT2D eigenvalue weighted by atomic mass is 32.2. The van der Waals surface area contributed by atoms with Crippen LogP contribution in [0.15, 0.2) is 0 Å². The van der Waals surface area contributed by atoms with Crippen LogP contribution in [0.25, 0.3) is 0 Å². The van der Waals surface area contributed by atoms with E-state index in [1.165, 1.54) is 4.90 Å². The van der Waals surface area contributed by atoms with Crippen molar-refractivity contribution in [2.75, 3.05) is 25.4 Å². The van der Waals surface area contributed by atoms with Gasteiger partial charge in [-0.3, -0.25) is 4.79 Å². The Kier molecular flexibility index (Phi) is 5.11. The first kappa shape index (κ1) is 14.2. The number of aliphatic carboxylic acids is 1. The first-order valence-corrected chi connectivity index (χ1v) is 6.85. The fourth-order valence-corrected chi connectivity index (χ4v) is 2.80. The summed E-state index contributed by atoms with van der Waals surface area (Å²) in [6.45, 7) is 6.94. The number of urea groups is 1. The van der Waals surface area contributed by atoms with Crippen molar-refractivity contribution in [1.82, 2.24) is 9.80 Å². The SMILES string of the molecule is CC1CN(C(=O)N(CC(=O)O)C(C)C)CCS1. The van der Waals surface area contributed by atoms with Crippen LogP contribution in [0.5, 0.6) is 0 Å². The van der Waals surface area contributed by atoms with Gasteiger partial charge in [0, 0.05) is 30.1 Å². The molecule has 1 N–H and O–H groups in total. The van der Waals surface area contributed by atoms with Crippen LogP contribution in [-0.4, -0.2) is 63.6 Å². The summed E-state index contributed by atoms with van der Waals surface area (Å²) in [7, 11) is 0. The molecule has 1 heterocycles. The number of carboxylic acid groups (broad SMARTS) is 1. The van der Waals surface area contributed by atoms with Crippen molar-refractivity contribution in [3.05, 3.63) is 0 Å². The molecule has 98 valence electrons. The standard InChI is InChI=1S/C11H20N2O3S/c1-8(2)13(7-10(14)15)11(16)12-4-5-17-9(3)6-12/h8-9H,4-7H2,1-3H3,(H,14,15). The fraction of sp³-hybridized carbons (Fsp3) is 0.818. The third kappa shape index (κ3) is 4.11. The molecular weight excluding hydrogens is 240 g/mol. The van der Waals surface area contributed by atoms with E-state index in [0.717, 1.165) is 5.75 Å². The molecule has 1 aliphatic rings. The van der Waals surface area contributed by atoms with E-state index in [2.05, 4.69) is 6.92 Å². The molecule has 0 aromatic carbocycles. The van der Waals surface area contributed by atoms with E-state index < -0.39 is 5.97 Å². The number of carbonyl (C=O) groups is 2. The van der Waals surface area contributed by atoms with E-state index in [0.29, 0.717) is 18.3 Å². The number of amides is 2. The molecule has 1 unspecified atom stereocenters. The second kappa shape index (κ2) is 6.14. The monoisotopic (exact) mass is 260 g/mol. The molecule has 0 spiro atoms. The minimum atomic E-state index is -0.966. The summed E-state index contributed by atoms with van der Waals surface area (Å²) in [5.41, 5.74) is 0. The summed E-state index contributed by atoms with van der Waals surface area (Å²) in [6.07, 6.45) is 0. The number of thioether (sulfide) groups is 1. The maximum absolute atomic E-state index is 12.2. The minimum Gasteiger partial charge on any atom is -0.480 e. The molecule has 6 heteroatoms. The quantitative estimate of drug-likeness (QED) is 0.832. The molecule has 5 nitrogen and oxygen atoms in total. The Bertz CT molecular complexity index is 296. The summed E-state index contributed by atoms with van der Waals surface area (Å²) >= 11 is 1.84. The smallest absolute Gasteiger partial charge is 0.323 e. The van der Waals surface area contributed by atoms with Crippen molar-refractivity contribution in [2.45, 2.75) is 32.1 Å². The Labute approximate surface area is 106 Å². The third-order valence-electron chi connectivity index (χ3n) is 2.69. The summed E-state index contributed by atoms with van der Waals surface area (Å²) in [5.74, 6) is -0.0437. The first-order valence-electron chi connectivity index (χ1n) is 5.80. The zero-order valence-electron chi connectivity index (χ0n) is 10.5. The number of rotatable bonds is 3.